The van der Waals surface area contributed by atoms with Crippen molar-refractivity contribution in [3.63, 3.8) is 0 Å². The van der Waals surface area contributed by atoms with Gasteiger partial charge in [-0.25, -0.2) is 0 Å². The summed E-state index contributed by atoms with van der Waals surface area (Å²) < 4.78 is 5.80. The molecule has 0 saturated heterocycles. The minimum absolute atomic E-state index is 0.114. The molecule has 1 aromatic rings. The van der Waals surface area contributed by atoms with E-state index in [0.717, 1.165) is 24.3 Å². The number of benzene rings is 1. The smallest absolute Gasteiger partial charge is 0.0828 e. The molecule has 0 aliphatic heterocycles. The molecule has 18 heavy (non-hydrogen) atoms. The number of halogens is 1. The van der Waals surface area contributed by atoms with Gasteiger partial charge in [-0.1, -0.05) is 37.6 Å². The third-order valence-corrected chi connectivity index (χ3v) is 4.15. The average Bonchev–Trinajstić information content (AvgIpc) is 2.40. The van der Waals surface area contributed by atoms with Crippen LogP contribution in [0.4, 0.5) is 0 Å². The van der Waals surface area contributed by atoms with E-state index in [2.05, 4.69) is 25.2 Å². The zero-order chi connectivity index (χ0) is 13.6. The molecule has 0 fully saturated rings. The van der Waals surface area contributed by atoms with Crippen LogP contribution in [0.5, 0.6) is 0 Å². The lowest BCUT2D eigenvalue weighted by molar-refractivity contribution is -0.0454. The molecule has 0 aliphatic rings. The van der Waals surface area contributed by atoms with E-state index in [1.165, 1.54) is 5.56 Å². The summed E-state index contributed by atoms with van der Waals surface area (Å²) in [5, 5.41) is 4.19. The largest absolute Gasteiger partial charge is 0.377 e. The first-order chi connectivity index (χ1) is 8.61. The van der Waals surface area contributed by atoms with Crippen LogP contribution < -0.4 is 5.32 Å². The first-order valence-electron chi connectivity index (χ1n) is 6.58. The molecule has 1 atom stereocenters. The molecule has 0 spiro atoms. The Morgan fingerprint density at radius 3 is 2.44 bits per heavy atom. The molecule has 1 aromatic carbocycles. The maximum Gasteiger partial charge on any atom is 0.0828 e. The zero-order valence-corrected chi connectivity index (χ0v) is 12.6. The highest BCUT2D eigenvalue weighted by Crippen LogP contribution is 2.27. The standard InChI is InChI=1S/C15H24ClNO/c1-5-15(6-2,18-4)14(17-3)11-12-8-7-9-13(16)10-12/h7-10,14,17H,5-6,11H2,1-4H3. The Hall–Kier alpha value is -0.570. The molecule has 1 rings (SSSR count). The van der Waals surface area contributed by atoms with Gasteiger partial charge >= 0.3 is 0 Å². The van der Waals surface area contributed by atoms with Gasteiger partial charge in [0.1, 0.15) is 0 Å². The van der Waals surface area contributed by atoms with E-state index in [9.17, 15) is 0 Å². The van der Waals surface area contributed by atoms with Gasteiger partial charge in [0.05, 0.1) is 5.60 Å². The predicted octanol–water partition coefficient (Wildman–Crippen LogP) is 3.68. The maximum absolute atomic E-state index is 6.04. The molecule has 0 amide bonds. The second-order valence-electron chi connectivity index (χ2n) is 4.65. The fourth-order valence-electron chi connectivity index (χ4n) is 2.62. The quantitative estimate of drug-likeness (QED) is 0.815. The Labute approximate surface area is 116 Å². The highest BCUT2D eigenvalue weighted by Gasteiger charge is 2.34. The molecule has 1 N–H and O–H groups in total. The Bertz CT molecular complexity index is 355. The van der Waals surface area contributed by atoms with Gasteiger partial charge in [-0.05, 0) is 44.0 Å². The first-order valence-corrected chi connectivity index (χ1v) is 6.96. The molecular formula is C15H24ClNO. The van der Waals surface area contributed by atoms with Crippen LogP contribution in [0.1, 0.15) is 32.3 Å². The molecular weight excluding hydrogens is 246 g/mol. The van der Waals surface area contributed by atoms with Crippen molar-refractivity contribution in [2.24, 2.45) is 0 Å². The number of hydrogen-bond donors (Lipinski definition) is 1. The number of methoxy groups -OCH3 is 1. The van der Waals surface area contributed by atoms with Crippen molar-refractivity contribution in [1.29, 1.82) is 0 Å². The SMILES string of the molecule is CCC(CC)(OC)C(Cc1cccc(Cl)c1)NC. The minimum atomic E-state index is -0.114. The number of likely N-dealkylation sites (N-methyl/N-ethyl adjacent to an activating group) is 1. The number of ether oxygens (including phenoxy) is 1. The van der Waals surface area contributed by atoms with Crippen molar-refractivity contribution >= 4 is 11.6 Å². The van der Waals surface area contributed by atoms with Crippen LogP contribution >= 0.6 is 11.6 Å². The van der Waals surface area contributed by atoms with E-state index in [1.54, 1.807) is 7.11 Å². The molecule has 102 valence electrons. The second kappa shape index (κ2) is 7.13. The average molecular weight is 270 g/mol. The molecule has 0 aromatic heterocycles. The second-order valence-corrected chi connectivity index (χ2v) is 5.09. The van der Waals surface area contributed by atoms with Crippen molar-refractivity contribution in [2.75, 3.05) is 14.2 Å². The number of nitrogens with one attached hydrogen (secondary N) is 1. The fraction of sp³-hybridized carbons (Fsp3) is 0.600. The van der Waals surface area contributed by atoms with E-state index in [0.29, 0.717) is 0 Å². The van der Waals surface area contributed by atoms with Crippen LogP contribution in [0.15, 0.2) is 24.3 Å². The van der Waals surface area contributed by atoms with Crippen LogP contribution in [0.3, 0.4) is 0 Å². The van der Waals surface area contributed by atoms with Crippen LogP contribution in [-0.4, -0.2) is 25.8 Å². The van der Waals surface area contributed by atoms with Crippen molar-refractivity contribution in [1.82, 2.24) is 5.32 Å². The van der Waals surface area contributed by atoms with E-state index in [-0.39, 0.29) is 11.6 Å². The van der Waals surface area contributed by atoms with Gasteiger partial charge in [-0.15, -0.1) is 0 Å². The first kappa shape index (κ1) is 15.5. The molecule has 2 nitrogen and oxygen atoms in total. The van der Waals surface area contributed by atoms with Gasteiger partial charge in [0.15, 0.2) is 0 Å². The summed E-state index contributed by atoms with van der Waals surface area (Å²) in [6, 6.07) is 8.33. The van der Waals surface area contributed by atoms with Crippen LogP contribution in [0.25, 0.3) is 0 Å². The lowest BCUT2D eigenvalue weighted by atomic mass is 9.84. The van der Waals surface area contributed by atoms with E-state index in [4.69, 9.17) is 16.3 Å². The van der Waals surface area contributed by atoms with Gasteiger partial charge in [0.25, 0.3) is 0 Å². The maximum atomic E-state index is 6.04. The van der Waals surface area contributed by atoms with Gasteiger partial charge in [-0.3, -0.25) is 0 Å². The summed E-state index contributed by atoms with van der Waals surface area (Å²) in [5.74, 6) is 0. The Morgan fingerprint density at radius 2 is 2.00 bits per heavy atom. The highest BCUT2D eigenvalue weighted by molar-refractivity contribution is 6.30. The molecule has 0 aliphatic carbocycles. The molecule has 0 saturated carbocycles. The summed E-state index contributed by atoms with van der Waals surface area (Å²) in [7, 11) is 3.80. The topological polar surface area (TPSA) is 21.3 Å². The summed E-state index contributed by atoms with van der Waals surface area (Å²) in [4.78, 5) is 0. The molecule has 3 heteroatoms. The molecule has 0 radical (unpaired) electrons. The van der Waals surface area contributed by atoms with Gasteiger partial charge in [0.2, 0.25) is 0 Å². The van der Waals surface area contributed by atoms with Crippen molar-refractivity contribution in [3.05, 3.63) is 34.9 Å². The van der Waals surface area contributed by atoms with E-state index >= 15 is 0 Å². The summed E-state index contributed by atoms with van der Waals surface area (Å²) in [6.45, 7) is 4.35. The number of rotatable bonds is 7. The van der Waals surface area contributed by atoms with E-state index < -0.39 is 0 Å². The molecule has 0 heterocycles. The van der Waals surface area contributed by atoms with Crippen molar-refractivity contribution < 1.29 is 4.74 Å². The zero-order valence-electron chi connectivity index (χ0n) is 11.8. The van der Waals surface area contributed by atoms with Crippen LogP contribution in [0, 0.1) is 0 Å². The summed E-state index contributed by atoms with van der Waals surface area (Å²) in [6.07, 6.45) is 2.91. The van der Waals surface area contributed by atoms with Crippen molar-refractivity contribution in [3.8, 4) is 0 Å². The molecule has 1 unspecified atom stereocenters. The van der Waals surface area contributed by atoms with Gasteiger partial charge in [0, 0.05) is 18.2 Å². The normalized spacial score (nSPS) is 13.6. The van der Waals surface area contributed by atoms with Gasteiger partial charge in [-0.2, -0.15) is 0 Å². The summed E-state index contributed by atoms with van der Waals surface area (Å²) >= 11 is 6.04. The third-order valence-electron chi connectivity index (χ3n) is 3.92. The lowest BCUT2D eigenvalue weighted by Crippen LogP contribution is -2.51. The fourth-order valence-corrected chi connectivity index (χ4v) is 2.84. The minimum Gasteiger partial charge on any atom is -0.377 e. The molecule has 0 bridgehead atoms. The van der Waals surface area contributed by atoms with Crippen molar-refractivity contribution in [2.45, 2.75) is 44.8 Å². The number of hydrogen-bond acceptors (Lipinski definition) is 2. The van der Waals surface area contributed by atoms with Gasteiger partial charge < -0.3 is 10.1 Å². The Kier molecular flexibility index (Phi) is 6.13. The van der Waals surface area contributed by atoms with E-state index in [1.807, 2.05) is 25.2 Å². The Morgan fingerprint density at radius 1 is 1.33 bits per heavy atom. The van der Waals surface area contributed by atoms with Crippen LogP contribution in [0.2, 0.25) is 5.02 Å². The third kappa shape index (κ3) is 3.47. The highest BCUT2D eigenvalue weighted by atomic mass is 35.5. The summed E-state index contributed by atoms with van der Waals surface area (Å²) in [5.41, 5.74) is 1.13. The monoisotopic (exact) mass is 269 g/mol. The lowest BCUT2D eigenvalue weighted by Gasteiger charge is -2.38. The van der Waals surface area contributed by atoms with Crippen LogP contribution in [-0.2, 0) is 11.2 Å². The Balaban J connectivity index is 2.90. The predicted molar refractivity (Wildman–Crippen MR) is 78.3 cm³/mol.